The number of nitriles is 1. The molecule has 1 N–H and O–H groups in total. The number of nitrogens with zero attached hydrogens (tertiary/aromatic N) is 2. The number of furan rings is 1. The lowest BCUT2D eigenvalue weighted by molar-refractivity contribution is 0.0621. The van der Waals surface area contributed by atoms with Crippen LogP contribution in [0.5, 0.6) is 11.5 Å². The van der Waals surface area contributed by atoms with E-state index in [0.29, 0.717) is 48.6 Å². The molecule has 1 fully saturated rings. The summed E-state index contributed by atoms with van der Waals surface area (Å²) in [5.74, 6) is 1.19. The molecule has 2 aromatic carbocycles. The number of carbonyl (C=O) groups excluding carboxylic acids is 2. The van der Waals surface area contributed by atoms with E-state index in [4.69, 9.17) is 14.4 Å². The van der Waals surface area contributed by atoms with Gasteiger partial charge in [0.05, 0.1) is 11.6 Å². The summed E-state index contributed by atoms with van der Waals surface area (Å²) in [5.41, 5.74) is 1.13. The van der Waals surface area contributed by atoms with Crippen LogP contribution in [0.1, 0.15) is 45.1 Å². The van der Waals surface area contributed by atoms with E-state index < -0.39 is 0 Å². The summed E-state index contributed by atoms with van der Waals surface area (Å²) in [6, 6.07) is 18.4. The van der Waals surface area contributed by atoms with Crippen molar-refractivity contribution in [3.63, 3.8) is 0 Å². The highest BCUT2D eigenvalue weighted by Gasteiger charge is 2.29. The zero-order valence-electron chi connectivity index (χ0n) is 17.4. The minimum atomic E-state index is -0.204. The molecule has 162 valence electrons. The minimum Gasteiger partial charge on any atom is -0.508 e. The average molecular weight is 430 g/mol. The van der Waals surface area contributed by atoms with Gasteiger partial charge in [-0.3, -0.25) is 9.59 Å². The lowest BCUT2D eigenvalue weighted by Crippen LogP contribution is -2.40. The van der Waals surface area contributed by atoms with Crippen LogP contribution in [-0.4, -0.2) is 34.8 Å². The third kappa shape index (κ3) is 4.81. The number of hydrogen-bond donors (Lipinski definition) is 1. The Morgan fingerprint density at radius 2 is 1.72 bits per heavy atom. The van der Waals surface area contributed by atoms with Gasteiger partial charge in [0.15, 0.2) is 11.5 Å². The average Bonchev–Trinajstić information content (AvgIpc) is 3.32. The molecule has 1 aliphatic rings. The van der Waals surface area contributed by atoms with Gasteiger partial charge in [0.2, 0.25) is 0 Å². The van der Waals surface area contributed by atoms with Gasteiger partial charge in [-0.15, -0.1) is 0 Å². The number of phenols is 1. The number of piperidine rings is 1. The number of aromatic hydroxyl groups is 1. The first kappa shape index (κ1) is 21.2. The number of rotatable bonds is 6. The second-order valence-corrected chi connectivity index (χ2v) is 7.67. The Morgan fingerprint density at radius 1 is 1.03 bits per heavy atom. The Bertz CT molecular complexity index is 1130. The number of amides is 1. The van der Waals surface area contributed by atoms with Crippen LogP contribution in [0.2, 0.25) is 0 Å². The largest absolute Gasteiger partial charge is 0.508 e. The Labute approximate surface area is 185 Å². The first-order valence-corrected chi connectivity index (χ1v) is 10.4. The molecule has 7 heteroatoms. The highest BCUT2D eigenvalue weighted by Crippen LogP contribution is 2.24. The molecule has 0 saturated carbocycles. The molecular formula is C25H22N2O5. The van der Waals surface area contributed by atoms with Crippen molar-refractivity contribution in [1.82, 2.24) is 4.90 Å². The van der Waals surface area contributed by atoms with E-state index in [1.807, 2.05) is 6.07 Å². The van der Waals surface area contributed by atoms with Gasteiger partial charge in [0.1, 0.15) is 23.9 Å². The number of hydrogen-bond acceptors (Lipinski definition) is 6. The number of likely N-dealkylation sites (tertiary alicyclic amines) is 1. The molecule has 7 nitrogen and oxygen atoms in total. The summed E-state index contributed by atoms with van der Waals surface area (Å²) in [5, 5.41) is 18.2. The summed E-state index contributed by atoms with van der Waals surface area (Å²) < 4.78 is 11.3. The Hall–Kier alpha value is -4.05. The summed E-state index contributed by atoms with van der Waals surface area (Å²) in [7, 11) is 0. The highest BCUT2D eigenvalue weighted by molar-refractivity contribution is 5.98. The molecule has 0 unspecified atom stereocenters. The zero-order valence-corrected chi connectivity index (χ0v) is 17.4. The number of phenolic OH excluding ortho intramolecular Hbond substituents is 1. The van der Waals surface area contributed by atoms with Crippen molar-refractivity contribution in [1.29, 1.82) is 5.26 Å². The molecule has 4 rings (SSSR count). The van der Waals surface area contributed by atoms with E-state index in [1.165, 1.54) is 12.1 Å². The van der Waals surface area contributed by atoms with Crippen molar-refractivity contribution in [2.75, 3.05) is 13.1 Å². The molecule has 3 aromatic rings. The molecule has 0 bridgehead atoms. The van der Waals surface area contributed by atoms with E-state index in [1.54, 1.807) is 53.4 Å². The molecule has 1 aliphatic heterocycles. The molecule has 0 spiro atoms. The molecule has 0 aliphatic carbocycles. The Kier molecular flexibility index (Phi) is 6.22. The van der Waals surface area contributed by atoms with Crippen LogP contribution in [-0.2, 0) is 6.61 Å². The standard InChI is InChI=1S/C25H22N2O5/c26-15-17-1-7-21(8-2-17)31-16-22-9-10-23(32-22)25(30)27-13-11-19(12-14-27)24(29)18-3-5-20(28)6-4-18/h1-10,19,28H,11-14,16H2. The van der Waals surface area contributed by atoms with Gasteiger partial charge in [-0.1, -0.05) is 0 Å². The van der Waals surface area contributed by atoms with Crippen LogP contribution in [0.15, 0.2) is 65.1 Å². The maximum Gasteiger partial charge on any atom is 0.289 e. The quantitative estimate of drug-likeness (QED) is 0.589. The summed E-state index contributed by atoms with van der Waals surface area (Å²) >= 11 is 0. The molecule has 1 aromatic heterocycles. The predicted octanol–water partition coefficient (Wildman–Crippen LogP) is 4.17. The lowest BCUT2D eigenvalue weighted by Gasteiger charge is -2.30. The highest BCUT2D eigenvalue weighted by atomic mass is 16.5. The van der Waals surface area contributed by atoms with Gasteiger partial charge in [-0.25, -0.2) is 0 Å². The molecule has 0 radical (unpaired) electrons. The molecule has 2 heterocycles. The minimum absolute atomic E-state index is 0.0392. The first-order valence-electron chi connectivity index (χ1n) is 10.4. The molecular weight excluding hydrogens is 408 g/mol. The van der Waals surface area contributed by atoms with Gasteiger partial charge < -0.3 is 19.2 Å². The van der Waals surface area contributed by atoms with E-state index in [-0.39, 0.29) is 35.7 Å². The van der Waals surface area contributed by atoms with E-state index in [9.17, 15) is 14.7 Å². The van der Waals surface area contributed by atoms with E-state index >= 15 is 0 Å². The van der Waals surface area contributed by atoms with Gasteiger partial charge in [0, 0.05) is 24.6 Å². The van der Waals surface area contributed by atoms with Crippen molar-refractivity contribution in [2.24, 2.45) is 5.92 Å². The monoisotopic (exact) mass is 430 g/mol. The van der Waals surface area contributed by atoms with Crippen molar-refractivity contribution >= 4 is 11.7 Å². The number of ketones is 1. The first-order chi connectivity index (χ1) is 15.5. The number of ether oxygens (including phenoxy) is 1. The number of carbonyl (C=O) groups is 2. The maximum absolute atomic E-state index is 12.8. The van der Waals surface area contributed by atoms with E-state index in [2.05, 4.69) is 0 Å². The van der Waals surface area contributed by atoms with Crippen molar-refractivity contribution in [3.05, 3.63) is 83.3 Å². The zero-order chi connectivity index (χ0) is 22.5. The topological polar surface area (TPSA) is 104 Å². The summed E-state index contributed by atoms with van der Waals surface area (Å²) in [6.07, 6.45) is 1.17. The summed E-state index contributed by atoms with van der Waals surface area (Å²) in [6.45, 7) is 1.12. The fraction of sp³-hybridized carbons (Fsp3) is 0.240. The van der Waals surface area contributed by atoms with Crippen LogP contribution < -0.4 is 4.74 Å². The number of Topliss-reactive ketones (excluding diaryl/α,β-unsaturated/α-hetero) is 1. The fourth-order valence-electron chi connectivity index (χ4n) is 3.71. The summed E-state index contributed by atoms with van der Waals surface area (Å²) in [4.78, 5) is 27.1. The van der Waals surface area contributed by atoms with Crippen LogP contribution in [0.4, 0.5) is 0 Å². The third-order valence-corrected chi connectivity index (χ3v) is 5.54. The molecule has 0 atom stereocenters. The van der Waals surface area contributed by atoms with Gasteiger partial charge >= 0.3 is 0 Å². The third-order valence-electron chi connectivity index (χ3n) is 5.54. The lowest BCUT2D eigenvalue weighted by atomic mass is 9.89. The van der Waals surface area contributed by atoms with E-state index in [0.717, 1.165) is 0 Å². The Morgan fingerprint density at radius 3 is 2.38 bits per heavy atom. The maximum atomic E-state index is 12.8. The van der Waals surface area contributed by atoms with Crippen molar-refractivity contribution in [2.45, 2.75) is 19.4 Å². The van der Waals surface area contributed by atoms with Crippen LogP contribution >= 0.6 is 0 Å². The smallest absolute Gasteiger partial charge is 0.289 e. The molecule has 1 saturated heterocycles. The Balaban J connectivity index is 1.29. The normalized spacial score (nSPS) is 14.0. The predicted molar refractivity (Wildman–Crippen MR) is 115 cm³/mol. The van der Waals surface area contributed by atoms with Crippen LogP contribution in [0, 0.1) is 17.2 Å². The van der Waals surface area contributed by atoms with Crippen molar-refractivity contribution in [3.8, 4) is 17.6 Å². The van der Waals surface area contributed by atoms with Crippen molar-refractivity contribution < 1.29 is 23.8 Å². The second kappa shape index (κ2) is 9.40. The van der Waals surface area contributed by atoms with Crippen LogP contribution in [0.25, 0.3) is 0 Å². The molecule has 32 heavy (non-hydrogen) atoms. The van der Waals surface area contributed by atoms with Crippen LogP contribution in [0.3, 0.4) is 0 Å². The second-order valence-electron chi connectivity index (χ2n) is 7.67. The number of benzene rings is 2. The fourth-order valence-corrected chi connectivity index (χ4v) is 3.71. The van der Waals surface area contributed by atoms with Gasteiger partial charge in [0.25, 0.3) is 5.91 Å². The molecule has 1 amide bonds. The van der Waals surface area contributed by atoms with Gasteiger partial charge in [-0.05, 0) is 73.5 Å². The van der Waals surface area contributed by atoms with Gasteiger partial charge in [-0.2, -0.15) is 5.26 Å². The SMILES string of the molecule is N#Cc1ccc(OCc2ccc(C(=O)N3CCC(C(=O)c4ccc(O)cc4)CC3)o2)cc1.